The van der Waals surface area contributed by atoms with Crippen LogP contribution in [0, 0.1) is 11.8 Å². The molecule has 7 nitrogen and oxygen atoms in total. The molecule has 1 N–H and O–H groups in total. The van der Waals surface area contributed by atoms with Crippen molar-refractivity contribution in [3.8, 4) is 0 Å². The molecule has 1 amide bonds. The first-order valence-corrected chi connectivity index (χ1v) is 11.8. The second kappa shape index (κ2) is 9.26. The Bertz CT molecular complexity index is 846. The fourth-order valence-electron chi connectivity index (χ4n) is 4.30. The maximum absolute atomic E-state index is 13.1. The van der Waals surface area contributed by atoms with Gasteiger partial charge in [-0.1, -0.05) is 31.9 Å². The molecular formula is C21H30N2O5S. The van der Waals surface area contributed by atoms with Crippen LogP contribution < -0.4 is 5.32 Å². The van der Waals surface area contributed by atoms with Gasteiger partial charge in [0.25, 0.3) is 0 Å². The predicted octanol–water partition coefficient (Wildman–Crippen LogP) is 2.57. The van der Waals surface area contributed by atoms with E-state index in [9.17, 15) is 18.0 Å². The molecule has 1 saturated heterocycles. The summed E-state index contributed by atoms with van der Waals surface area (Å²) in [6.45, 7) is 2.70. The zero-order valence-corrected chi connectivity index (χ0v) is 17.9. The monoisotopic (exact) mass is 422 g/mol. The normalized spacial score (nSPS) is 24.1. The van der Waals surface area contributed by atoms with Crippen LogP contribution in [0.15, 0.2) is 29.2 Å². The second-order valence-corrected chi connectivity index (χ2v) is 9.95. The summed E-state index contributed by atoms with van der Waals surface area (Å²) in [5.74, 6) is -0.329. The molecule has 29 heavy (non-hydrogen) atoms. The number of ether oxygens (including phenoxy) is 1. The predicted molar refractivity (Wildman–Crippen MR) is 109 cm³/mol. The van der Waals surface area contributed by atoms with Crippen LogP contribution in [-0.2, 0) is 19.6 Å². The van der Waals surface area contributed by atoms with Crippen LogP contribution >= 0.6 is 0 Å². The van der Waals surface area contributed by atoms with Crippen molar-refractivity contribution in [2.45, 2.75) is 56.4 Å². The summed E-state index contributed by atoms with van der Waals surface area (Å²) in [5, 5.41) is 3.19. The molecule has 3 rings (SSSR count). The van der Waals surface area contributed by atoms with Crippen molar-refractivity contribution in [3.63, 3.8) is 0 Å². The van der Waals surface area contributed by atoms with E-state index in [1.54, 1.807) is 12.1 Å². The van der Waals surface area contributed by atoms with Crippen molar-refractivity contribution in [1.29, 1.82) is 0 Å². The van der Waals surface area contributed by atoms with Crippen LogP contribution in [0.4, 0.5) is 0 Å². The van der Waals surface area contributed by atoms with E-state index < -0.39 is 16.0 Å². The number of carbonyl (C=O) groups is 2. The van der Waals surface area contributed by atoms with Gasteiger partial charge in [-0.2, -0.15) is 4.31 Å². The number of methoxy groups -OCH3 is 1. The zero-order valence-electron chi connectivity index (χ0n) is 17.1. The highest BCUT2D eigenvalue weighted by atomic mass is 32.2. The number of amides is 1. The van der Waals surface area contributed by atoms with Gasteiger partial charge in [-0.25, -0.2) is 13.2 Å². The molecule has 1 aromatic rings. The Morgan fingerprint density at radius 2 is 1.72 bits per heavy atom. The summed E-state index contributed by atoms with van der Waals surface area (Å²) >= 11 is 0. The van der Waals surface area contributed by atoms with Crippen molar-refractivity contribution in [1.82, 2.24) is 9.62 Å². The van der Waals surface area contributed by atoms with Crippen molar-refractivity contribution < 1.29 is 22.7 Å². The minimum absolute atomic E-state index is 0.0288. The van der Waals surface area contributed by atoms with Gasteiger partial charge in [-0.05, 0) is 43.7 Å². The third-order valence-electron chi connectivity index (χ3n) is 6.17. The number of nitrogens with one attached hydrogen (secondary N) is 1. The Morgan fingerprint density at radius 3 is 2.38 bits per heavy atom. The summed E-state index contributed by atoms with van der Waals surface area (Å²) < 4.78 is 32.2. The Labute approximate surface area is 172 Å². The minimum atomic E-state index is -3.83. The summed E-state index contributed by atoms with van der Waals surface area (Å²) in [6.07, 6.45) is 5.48. The van der Waals surface area contributed by atoms with Gasteiger partial charge in [0.15, 0.2) is 0 Å². The number of carbonyl (C=O) groups excluding carboxylic acids is 2. The van der Waals surface area contributed by atoms with E-state index in [1.807, 2.05) is 0 Å². The van der Waals surface area contributed by atoms with Crippen LogP contribution in [0.2, 0.25) is 0 Å². The molecule has 8 heteroatoms. The van der Waals surface area contributed by atoms with Gasteiger partial charge in [0.2, 0.25) is 15.9 Å². The highest BCUT2D eigenvalue weighted by molar-refractivity contribution is 7.89. The molecule has 1 saturated carbocycles. The number of hydrogen-bond donors (Lipinski definition) is 1. The van der Waals surface area contributed by atoms with Gasteiger partial charge in [-0.15, -0.1) is 0 Å². The Morgan fingerprint density at radius 1 is 1.07 bits per heavy atom. The summed E-state index contributed by atoms with van der Waals surface area (Å²) in [7, 11) is -2.61. The van der Waals surface area contributed by atoms with E-state index in [1.165, 1.54) is 30.0 Å². The lowest BCUT2D eigenvalue weighted by molar-refractivity contribution is -0.127. The van der Waals surface area contributed by atoms with E-state index >= 15 is 0 Å². The summed E-state index contributed by atoms with van der Waals surface area (Å²) in [6, 6.07) is 6.29. The van der Waals surface area contributed by atoms with Crippen molar-refractivity contribution >= 4 is 21.9 Å². The van der Waals surface area contributed by atoms with E-state index in [-0.39, 0.29) is 41.4 Å². The smallest absolute Gasteiger partial charge is 0.339 e. The molecule has 0 aromatic heterocycles. The Balaban J connectivity index is 1.64. The van der Waals surface area contributed by atoms with E-state index in [4.69, 9.17) is 4.74 Å². The SMILES string of the molecule is COC(=O)c1ccccc1S(=O)(=O)N1CCC(C(=O)N[C@H]2CCCC[C@H]2C)CC1. The average Bonchev–Trinajstić information content (AvgIpc) is 2.74. The first-order valence-electron chi connectivity index (χ1n) is 10.3. The van der Waals surface area contributed by atoms with Gasteiger partial charge in [0.1, 0.15) is 0 Å². The van der Waals surface area contributed by atoms with Crippen LogP contribution in [0.3, 0.4) is 0 Å². The number of nitrogens with zero attached hydrogens (tertiary/aromatic N) is 1. The van der Waals surface area contributed by atoms with Crippen molar-refractivity contribution in [2.24, 2.45) is 11.8 Å². The zero-order chi connectivity index (χ0) is 21.0. The van der Waals surface area contributed by atoms with E-state index in [0.29, 0.717) is 18.8 Å². The molecule has 2 aliphatic rings. The number of benzene rings is 1. The Hall–Kier alpha value is -1.93. The van der Waals surface area contributed by atoms with Gasteiger partial charge in [0, 0.05) is 25.0 Å². The molecule has 160 valence electrons. The third-order valence-corrected chi connectivity index (χ3v) is 8.13. The number of sulfonamides is 1. The summed E-state index contributed by atoms with van der Waals surface area (Å²) in [4.78, 5) is 24.6. The van der Waals surface area contributed by atoms with Crippen LogP contribution in [0.1, 0.15) is 55.8 Å². The molecular weight excluding hydrogens is 392 g/mol. The molecule has 0 unspecified atom stereocenters. The highest BCUT2D eigenvalue weighted by Crippen LogP contribution is 2.28. The minimum Gasteiger partial charge on any atom is -0.465 e. The lowest BCUT2D eigenvalue weighted by atomic mass is 9.85. The second-order valence-electron chi connectivity index (χ2n) is 8.04. The first kappa shape index (κ1) is 21.8. The number of hydrogen-bond acceptors (Lipinski definition) is 5. The number of esters is 1. The number of piperidine rings is 1. The number of rotatable bonds is 5. The molecule has 0 spiro atoms. The standard InChI is InChI=1S/C21H30N2O5S/c1-15-7-3-5-9-18(15)22-20(24)16-11-13-23(14-12-16)29(26,27)19-10-6-4-8-17(19)21(25)28-2/h4,6,8,10,15-16,18H,3,5,7,9,11-14H2,1-2H3,(H,22,24)/t15-,18+/m1/s1. The highest BCUT2D eigenvalue weighted by Gasteiger charge is 2.35. The van der Waals surface area contributed by atoms with Crippen LogP contribution in [0.5, 0.6) is 0 Å². The summed E-state index contributed by atoms with van der Waals surface area (Å²) in [5.41, 5.74) is 0.0288. The quantitative estimate of drug-likeness (QED) is 0.736. The lowest BCUT2D eigenvalue weighted by Crippen LogP contribution is -2.47. The van der Waals surface area contributed by atoms with Crippen molar-refractivity contribution in [3.05, 3.63) is 29.8 Å². The molecule has 0 bridgehead atoms. The van der Waals surface area contributed by atoms with Gasteiger partial charge >= 0.3 is 5.97 Å². The fraction of sp³-hybridized carbons (Fsp3) is 0.619. The molecule has 1 aromatic carbocycles. The molecule has 1 heterocycles. The maximum Gasteiger partial charge on any atom is 0.339 e. The third kappa shape index (κ3) is 4.80. The largest absolute Gasteiger partial charge is 0.465 e. The van der Waals surface area contributed by atoms with E-state index in [0.717, 1.165) is 19.3 Å². The lowest BCUT2D eigenvalue weighted by Gasteiger charge is -2.34. The molecule has 1 aliphatic carbocycles. The van der Waals surface area contributed by atoms with Crippen LogP contribution in [0.25, 0.3) is 0 Å². The average molecular weight is 423 g/mol. The van der Waals surface area contributed by atoms with Crippen LogP contribution in [-0.4, -0.2) is 50.8 Å². The molecule has 2 fully saturated rings. The Kier molecular flexibility index (Phi) is 6.95. The fourth-order valence-corrected chi connectivity index (χ4v) is 5.95. The van der Waals surface area contributed by atoms with Crippen molar-refractivity contribution in [2.75, 3.05) is 20.2 Å². The van der Waals surface area contributed by atoms with E-state index in [2.05, 4.69) is 12.2 Å². The molecule has 2 atom stereocenters. The molecule has 0 radical (unpaired) electrons. The van der Waals surface area contributed by atoms with Gasteiger partial charge in [-0.3, -0.25) is 4.79 Å². The topological polar surface area (TPSA) is 92.8 Å². The first-order chi connectivity index (χ1) is 13.8. The van der Waals surface area contributed by atoms with Gasteiger partial charge in [0.05, 0.1) is 17.6 Å². The molecule has 1 aliphatic heterocycles. The van der Waals surface area contributed by atoms with Gasteiger partial charge < -0.3 is 10.1 Å². The maximum atomic E-state index is 13.1.